The summed E-state index contributed by atoms with van der Waals surface area (Å²) in [5.74, 6) is -0.0651. The molecule has 1 N–H and O–H groups in total. The van der Waals surface area contributed by atoms with Crippen LogP contribution < -0.4 is 14.4 Å². The van der Waals surface area contributed by atoms with Gasteiger partial charge in [0.05, 0.1) is 19.1 Å². The maximum Gasteiger partial charge on any atom is 0.243 e. The molecule has 0 bridgehead atoms. The van der Waals surface area contributed by atoms with Gasteiger partial charge in [-0.3, -0.25) is 9.10 Å². The summed E-state index contributed by atoms with van der Waals surface area (Å²) in [6.07, 6.45) is 2.81. The van der Waals surface area contributed by atoms with E-state index in [1.807, 2.05) is 24.3 Å². The number of carbonyl (C=O) groups is 1. The van der Waals surface area contributed by atoms with Crippen molar-refractivity contribution in [1.29, 1.82) is 0 Å². The second-order valence-electron chi connectivity index (χ2n) is 6.70. The van der Waals surface area contributed by atoms with Crippen LogP contribution in [-0.4, -0.2) is 40.3 Å². The van der Waals surface area contributed by atoms with Gasteiger partial charge in [-0.05, 0) is 61.2 Å². The molecule has 6 nitrogen and oxygen atoms in total. The Labute approximate surface area is 171 Å². The maximum atomic E-state index is 13.2. The van der Waals surface area contributed by atoms with Gasteiger partial charge in [-0.15, -0.1) is 0 Å². The van der Waals surface area contributed by atoms with Gasteiger partial charge < -0.3 is 10.1 Å². The van der Waals surface area contributed by atoms with E-state index in [1.165, 1.54) is 24.3 Å². The first kappa shape index (κ1) is 22.7. The molecule has 0 saturated heterocycles. The highest BCUT2D eigenvalue weighted by Gasteiger charge is 2.31. The van der Waals surface area contributed by atoms with E-state index >= 15 is 0 Å². The van der Waals surface area contributed by atoms with Crippen LogP contribution in [0.4, 0.5) is 10.1 Å². The molecule has 0 saturated carbocycles. The minimum absolute atomic E-state index is 0.258. The third kappa shape index (κ3) is 6.45. The van der Waals surface area contributed by atoms with Crippen molar-refractivity contribution in [2.24, 2.45) is 0 Å². The number of nitrogens with one attached hydrogen (secondary N) is 1. The molecule has 158 valence electrons. The number of carbonyl (C=O) groups excluding carboxylic acids is 1. The van der Waals surface area contributed by atoms with Crippen LogP contribution in [0.2, 0.25) is 0 Å². The van der Waals surface area contributed by atoms with Gasteiger partial charge in [-0.25, -0.2) is 12.8 Å². The normalized spacial score (nSPS) is 12.3. The number of anilines is 1. The minimum Gasteiger partial charge on any atom is -0.497 e. The van der Waals surface area contributed by atoms with Gasteiger partial charge in [0.2, 0.25) is 15.9 Å². The van der Waals surface area contributed by atoms with Gasteiger partial charge in [0.1, 0.15) is 17.6 Å². The molecule has 0 radical (unpaired) electrons. The highest BCUT2D eigenvalue weighted by Crippen LogP contribution is 2.22. The molecular weight excluding hydrogens is 395 g/mol. The second kappa shape index (κ2) is 10.2. The van der Waals surface area contributed by atoms with Crippen LogP contribution in [-0.2, 0) is 21.2 Å². The van der Waals surface area contributed by atoms with E-state index in [1.54, 1.807) is 14.0 Å². The van der Waals surface area contributed by atoms with Crippen LogP contribution in [0.15, 0.2) is 48.5 Å². The van der Waals surface area contributed by atoms with Gasteiger partial charge in [-0.2, -0.15) is 0 Å². The predicted octanol–water partition coefficient (Wildman–Crippen LogP) is 3.13. The van der Waals surface area contributed by atoms with Crippen LogP contribution in [0.3, 0.4) is 0 Å². The van der Waals surface area contributed by atoms with Crippen molar-refractivity contribution in [3.63, 3.8) is 0 Å². The molecule has 0 spiro atoms. The van der Waals surface area contributed by atoms with E-state index < -0.39 is 21.9 Å². The Morgan fingerprint density at radius 2 is 1.76 bits per heavy atom. The van der Waals surface area contributed by atoms with Crippen molar-refractivity contribution in [3.8, 4) is 5.75 Å². The number of ether oxygens (including phenoxy) is 1. The van der Waals surface area contributed by atoms with E-state index in [4.69, 9.17) is 4.74 Å². The standard InChI is InChI=1S/C21H27FN2O4S/c1-4-20(24(29(3,26)27)18-11-9-17(22)10-12-18)21(25)23-15-5-6-16-7-13-19(28-2)14-8-16/h7-14,20H,4-6,15H2,1-3H3,(H,23,25)/t20-/m1/s1. The number of amides is 1. The molecule has 0 aromatic heterocycles. The van der Waals surface area contributed by atoms with Crippen molar-refractivity contribution in [2.75, 3.05) is 24.2 Å². The molecule has 0 unspecified atom stereocenters. The third-order valence-electron chi connectivity index (χ3n) is 4.51. The number of sulfonamides is 1. The molecule has 0 aliphatic heterocycles. The van der Waals surface area contributed by atoms with E-state index in [0.29, 0.717) is 13.0 Å². The smallest absolute Gasteiger partial charge is 0.243 e. The van der Waals surface area contributed by atoms with Gasteiger partial charge >= 0.3 is 0 Å². The summed E-state index contributed by atoms with van der Waals surface area (Å²) in [5, 5.41) is 2.82. The molecule has 29 heavy (non-hydrogen) atoms. The molecular formula is C21H27FN2O4S. The van der Waals surface area contributed by atoms with Crippen molar-refractivity contribution in [1.82, 2.24) is 5.32 Å². The first-order valence-corrected chi connectivity index (χ1v) is 11.3. The Balaban J connectivity index is 2.00. The Morgan fingerprint density at radius 3 is 2.28 bits per heavy atom. The van der Waals surface area contributed by atoms with Crippen molar-refractivity contribution in [3.05, 3.63) is 59.9 Å². The van der Waals surface area contributed by atoms with Gasteiger partial charge in [0.15, 0.2) is 0 Å². The highest BCUT2D eigenvalue weighted by atomic mass is 32.2. The van der Waals surface area contributed by atoms with E-state index in [0.717, 1.165) is 28.3 Å². The Morgan fingerprint density at radius 1 is 1.14 bits per heavy atom. The molecule has 2 aromatic rings. The zero-order chi connectivity index (χ0) is 21.4. The van der Waals surface area contributed by atoms with E-state index in [-0.39, 0.29) is 18.0 Å². The Hall–Kier alpha value is -2.61. The molecule has 1 amide bonds. The quantitative estimate of drug-likeness (QED) is 0.597. The summed E-state index contributed by atoms with van der Waals surface area (Å²) in [7, 11) is -2.12. The van der Waals surface area contributed by atoms with Crippen LogP contribution in [0.5, 0.6) is 5.75 Å². The second-order valence-corrected chi connectivity index (χ2v) is 8.56. The average Bonchev–Trinajstić information content (AvgIpc) is 2.69. The first-order valence-electron chi connectivity index (χ1n) is 9.42. The van der Waals surface area contributed by atoms with Crippen LogP contribution in [0.1, 0.15) is 25.3 Å². The molecule has 2 aromatic carbocycles. The van der Waals surface area contributed by atoms with E-state index in [9.17, 15) is 17.6 Å². The summed E-state index contributed by atoms with van der Waals surface area (Å²) in [6.45, 7) is 2.16. The van der Waals surface area contributed by atoms with Crippen LogP contribution in [0, 0.1) is 5.82 Å². The topological polar surface area (TPSA) is 75.7 Å². The lowest BCUT2D eigenvalue weighted by molar-refractivity contribution is -0.122. The molecule has 1 atom stereocenters. The summed E-state index contributed by atoms with van der Waals surface area (Å²) in [5.41, 5.74) is 1.38. The number of methoxy groups -OCH3 is 1. The number of rotatable bonds is 10. The first-order chi connectivity index (χ1) is 13.8. The lowest BCUT2D eigenvalue weighted by Crippen LogP contribution is -2.49. The van der Waals surface area contributed by atoms with Gasteiger partial charge in [0, 0.05) is 6.54 Å². The molecule has 0 aliphatic rings. The summed E-state index contributed by atoms with van der Waals surface area (Å²) >= 11 is 0. The number of hydrogen-bond donors (Lipinski definition) is 1. The van der Waals surface area contributed by atoms with Gasteiger partial charge in [0.25, 0.3) is 0 Å². The van der Waals surface area contributed by atoms with E-state index in [2.05, 4.69) is 5.32 Å². The zero-order valence-electron chi connectivity index (χ0n) is 16.9. The maximum absolute atomic E-state index is 13.2. The highest BCUT2D eigenvalue weighted by molar-refractivity contribution is 7.92. The number of benzene rings is 2. The average molecular weight is 423 g/mol. The SMILES string of the molecule is CC[C@H](C(=O)NCCCc1ccc(OC)cc1)N(c1ccc(F)cc1)S(C)(=O)=O. The Kier molecular flexibility index (Phi) is 8.01. The predicted molar refractivity (Wildman–Crippen MR) is 112 cm³/mol. The number of hydrogen-bond acceptors (Lipinski definition) is 4. The number of halogens is 1. The van der Waals surface area contributed by atoms with Crippen LogP contribution >= 0.6 is 0 Å². The fraction of sp³-hybridized carbons (Fsp3) is 0.381. The number of aryl methyl sites for hydroxylation is 1. The number of nitrogens with zero attached hydrogens (tertiary/aromatic N) is 1. The monoisotopic (exact) mass is 422 g/mol. The molecule has 8 heteroatoms. The van der Waals surface area contributed by atoms with Gasteiger partial charge in [-0.1, -0.05) is 19.1 Å². The fourth-order valence-electron chi connectivity index (χ4n) is 3.06. The fourth-order valence-corrected chi connectivity index (χ4v) is 4.27. The zero-order valence-corrected chi connectivity index (χ0v) is 17.7. The molecule has 0 fully saturated rings. The molecule has 0 heterocycles. The van der Waals surface area contributed by atoms with Crippen molar-refractivity contribution in [2.45, 2.75) is 32.2 Å². The lowest BCUT2D eigenvalue weighted by Gasteiger charge is -2.30. The Bertz CT molecular complexity index is 899. The van der Waals surface area contributed by atoms with Crippen molar-refractivity contribution < 1.29 is 22.3 Å². The summed E-state index contributed by atoms with van der Waals surface area (Å²) in [4.78, 5) is 12.7. The largest absolute Gasteiger partial charge is 0.497 e. The van der Waals surface area contributed by atoms with Crippen molar-refractivity contribution >= 4 is 21.6 Å². The minimum atomic E-state index is -3.73. The molecule has 2 rings (SSSR count). The molecule has 0 aliphatic carbocycles. The van der Waals surface area contributed by atoms with Crippen LogP contribution in [0.25, 0.3) is 0 Å². The summed E-state index contributed by atoms with van der Waals surface area (Å²) in [6, 6.07) is 11.9. The lowest BCUT2D eigenvalue weighted by atomic mass is 10.1. The summed E-state index contributed by atoms with van der Waals surface area (Å²) < 4.78 is 44.1. The third-order valence-corrected chi connectivity index (χ3v) is 5.69.